The van der Waals surface area contributed by atoms with Crippen LogP contribution in [0.25, 0.3) is 6.08 Å². The highest BCUT2D eigenvalue weighted by molar-refractivity contribution is 6.08. The molecule has 0 saturated carbocycles. The summed E-state index contributed by atoms with van der Waals surface area (Å²) < 4.78 is 13.1. The molecule has 0 aliphatic heterocycles. The van der Waals surface area contributed by atoms with E-state index in [1.807, 2.05) is 0 Å². The second kappa shape index (κ2) is 5.44. The van der Waals surface area contributed by atoms with Crippen LogP contribution in [0, 0.1) is 5.82 Å². The Labute approximate surface area is 114 Å². The molecule has 5 heteroatoms. The molecular formula is C15H11FO4. The predicted molar refractivity (Wildman–Crippen MR) is 71.2 cm³/mol. The van der Waals surface area contributed by atoms with Crippen LogP contribution in [0.1, 0.15) is 15.9 Å². The van der Waals surface area contributed by atoms with Gasteiger partial charge >= 0.3 is 0 Å². The van der Waals surface area contributed by atoms with Crippen LogP contribution in [0.15, 0.2) is 42.5 Å². The lowest BCUT2D eigenvalue weighted by Crippen LogP contribution is -1.94. The van der Waals surface area contributed by atoms with E-state index < -0.39 is 17.3 Å². The number of halogens is 1. The van der Waals surface area contributed by atoms with Crippen LogP contribution in [-0.4, -0.2) is 21.1 Å². The summed E-state index contributed by atoms with van der Waals surface area (Å²) in [6.07, 6.45) is 2.52. The van der Waals surface area contributed by atoms with Crippen LogP contribution in [-0.2, 0) is 0 Å². The Morgan fingerprint density at radius 2 is 1.75 bits per heavy atom. The van der Waals surface area contributed by atoms with Gasteiger partial charge in [0.1, 0.15) is 11.5 Å². The molecule has 0 bridgehead atoms. The fourth-order valence-corrected chi connectivity index (χ4v) is 1.62. The van der Waals surface area contributed by atoms with Crippen molar-refractivity contribution in [2.75, 3.05) is 0 Å². The molecule has 2 rings (SSSR count). The summed E-state index contributed by atoms with van der Waals surface area (Å²) in [4.78, 5) is 11.8. The van der Waals surface area contributed by atoms with Gasteiger partial charge in [0.15, 0.2) is 17.3 Å². The summed E-state index contributed by atoms with van der Waals surface area (Å²) in [7, 11) is 0. The molecule has 3 N–H and O–H groups in total. The van der Waals surface area contributed by atoms with Crippen molar-refractivity contribution in [2.45, 2.75) is 0 Å². The van der Waals surface area contributed by atoms with Crippen molar-refractivity contribution >= 4 is 11.9 Å². The van der Waals surface area contributed by atoms with Crippen molar-refractivity contribution in [3.63, 3.8) is 0 Å². The monoisotopic (exact) mass is 274 g/mol. The van der Waals surface area contributed by atoms with E-state index in [0.29, 0.717) is 5.56 Å². The molecule has 0 fully saturated rings. The number of phenolic OH excluding ortho intramolecular Hbond substituents is 3. The van der Waals surface area contributed by atoms with E-state index >= 15 is 0 Å². The van der Waals surface area contributed by atoms with Gasteiger partial charge in [0.2, 0.25) is 0 Å². The predicted octanol–water partition coefficient (Wildman–Crippen LogP) is 2.84. The zero-order valence-electron chi connectivity index (χ0n) is 10.2. The third kappa shape index (κ3) is 2.95. The van der Waals surface area contributed by atoms with Gasteiger partial charge in [0.25, 0.3) is 0 Å². The molecule has 0 atom stereocenters. The molecular weight excluding hydrogens is 263 g/mol. The van der Waals surface area contributed by atoms with Gasteiger partial charge in [0.05, 0.1) is 5.56 Å². The maximum atomic E-state index is 13.1. The highest BCUT2D eigenvalue weighted by Gasteiger charge is 2.08. The second-order valence-corrected chi connectivity index (χ2v) is 4.11. The number of rotatable bonds is 3. The van der Waals surface area contributed by atoms with Crippen LogP contribution in [0.5, 0.6) is 17.2 Å². The smallest absolute Gasteiger partial charge is 0.189 e. The van der Waals surface area contributed by atoms with Gasteiger partial charge in [-0.15, -0.1) is 0 Å². The van der Waals surface area contributed by atoms with E-state index in [4.69, 9.17) is 10.2 Å². The SMILES string of the molecule is O=C(/C=C/c1ccc(O)c(F)c1)c1ccc(O)cc1O. The van der Waals surface area contributed by atoms with Gasteiger partial charge in [0, 0.05) is 6.07 Å². The van der Waals surface area contributed by atoms with Gasteiger partial charge in [-0.05, 0) is 35.9 Å². The average Bonchev–Trinajstić information content (AvgIpc) is 2.40. The van der Waals surface area contributed by atoms with Crippen molar-refractivity contribution < 1.29 is 24.5 Å². The number of benzene rings is 2. The van der Waals surface area contributed by atoms with E-state index in [1.54, 1.807) is 0 Å². The van der Waals surface area contributed by atoms with Crippen molar-refractivity contribution in [3.05, 3.63) is 59.4 Å². The maximum Gasteiger partial charge on any atom is 0.189 e. The molecule has 0 spiro atoms. The lowest BCUT2D eigenvalue weighted by atomic mass is 10.1. The Bertz CT molecular complexity index is 692. The standard InChI is InChI=1S/C15H11FO4/c16-12-7-9(2-6-14(12)19)1-5-13(18)11-4-3-10(17)8-15(11)20/h1-8,17,19-20H/b5-1+. The first-order chi connectivity index (χ1) is 9.47. The van der Waals surface area contributed by atoms with Crippen LogP contribution in [0.2, 0.25) is 0 Å². The van der Waals surface area contributed by atoms with E-state index in [0.717, 1.165) is 18.2 Å². The van der Waals surface area contributed by atoms with E-state index in [-0.39, 0.29) is 17.1 Å². The molecule has 2 aromatic rings. The Morgan fingerprint density at radius 3 is 2.40 bits per heavy atom. The molecule has 20 heavy (non-hydrogen) atoms. The molecule has 0 unspecified atom stereocenters. The van der Waals surface area contributed by atoms with Gasteiger partial charge in [-0.3, -0.25) is 4.79 Å². The number of aromatic hydroxyl groups is 3. The maximum absolute atomic E-state index is 13.1. The van der Waals surface area contributed by atoms with Crippen molar-refractivity contribution in [2.24, 2.45) is 0 Å². The third-order valence-corrected chi connectivity index (χ3v) is 2.65. The molecule has 0 radical (unpaired) electrons. The number of allylic oxidation sites excluding steroid dienone is 1. The topological polar surface area (TPSA) is 77.8 Å². The van der Waals surface area contributed by atoms with Gasteiger partial charge in [-0.2, -0.15) is 0 Å². The zero-order valence-corrected chi connectivity index (χ0v) is 10.2. The molecule has 4 nitrogen and oxygen atoms in total. The average molecular weight is 274 g/mol. The van der Waals surface area contributed by atoms with Gasteiger partial charge in [-0.25, -0.2) is 4.39 Å². The molecule has 0 aliphatic rings. The Balaban J connectivity index is 2.22. The zero-order chi connectivity index (χ0) is 14.7. The number of phenols is 3. The van der Waals surface area contributed by atoms with Crippen LogP contribution in [0.3, 0.4) is 0 Å². The van der Waals surface area contributed by atoms with Crippen LogP contribution in [0.4, 0.5) is 4.39 Å². The first kappa shape index (κ1) is 13.6. The minimum Gasteiger partial charge on any atom is -0.508 e. The highest BCUT2D eigenvalue weighted by atomic mass is 19.1. The van der Waals surface area contributed by atoms with E-state index in [9.17, 15) is 14.3 Å². The molecule has 0 aliphatic carbocycles. The molecule has 0 aromatic heterocycles. The van der Waals surface area contributed by atoms with Crippen molar-refractivity contribution in [1.29, 1.82) is 0 Å². The first-order valence-electron chi connectivity index (χ1n) is 5.70. The van der Waals surface area contributed by atoms with Gasteiger partial charge < -0.3 is 15.3 Å². The number of hydrogen-bond acceptors (Lipinski definition) is 4. The fourth-order valence-electron chi connectivity index (χ4n) is 1.62. The Kier molecular flexibility index (Phi) is 3.70. The minimum absolute atomic E-state index is 0.0262. The van der Waals surface area contributed by atoms with Crippen LogP contribution < -0.4 is 0 Å². The summed E-state index contributed by atoms with van der Waals surface area (Å²) >= 11 is 0. The highest BCUT2D eigenvalue weighted by Crippen LogP contribution is 2.23. The Hall–Kier alpha value is -2.82. The molecule has 0 saturated heterocycles. The number of carbonyl (C=O) groups is 1. The van der Waals surface area contributed by atoms with E-state index in [2.05, 4.69) is 0 Å². The summed E-state index contributed by atoms with van der Waals surface area (Å²) in [5.74, 6) is -2.23. The summed E-state index contributed by atoms with van der Waals surface area (Å²) in [6, 6.07) is 7.32. The lowest BCUT2D eigenvalue weighted by molar-refractivity contribution is 0.104. The van der Waals surface area contributed by atoms with Crippen molar-refractivity contribution in [3.8, 4) is 17.2 Å². The normalized spacial score (nSPS) is 10.8. The minimum atomic E-state index is -0.785. The largest absolute Gasteiger partial charge is 0.508 e. The van der Waals surface area contributed by atoms with Crippen molar-refractivity contribution in [1.82, 2.24) is 0 Å². The quantitative estimate of drug-likeness (QED) is 0.594. The Morgan fingerprint density at radius 1 is 1.00 bits per heavy atom. The fraction of sp³-hybridized carbons (Fsp3) is 0. The molecule has 0 amide bonds. The molecule has 2 aromatic carbocycles. The number of carbonyl (C=O) groups excluding carboxylic acids is 1. The summed E-state index contributed by atoms with van der Waals surface area (Å²) in [5.41, 5.74) is 0.421. The number of hydrogen-bond donors (Lipinski definition) is 3. The number of ketones is 1. The van der Waals surface area contributed by atoms with Gasteiger partial charge in [-0.1, -0.05) is 12.1 Å². The second-order valence-electron chi connectivity index (χ2n) is 4.11. The van der Waals surface area contributed by atoms with E-state index in [1.165, 1.54) is 30.3 Å². The molecule has 0 heterocycles. The first-order valence-corrected chi connectivity index (χ1v) is 5.70. The summed E-state index contributed by atoms with van der Waals surface area (Å²) in [6.45, 7) is 0. The lowest BCUT2D eigenvalue weighted by Gasteiger charge is -2.01. The summed E-state index contributed by atoms with van der Waals surface area (Å²) in [5, 5.41) is 27.7. The molecule has 102 valence electrons. The third-order valence-electron chi connectivity index (χ3n) is 2.65. The van der Waals surface area contributed by atoms with Crippen LogP contribution >= 0.6 is 0 Å².